The smallest absolute Gasteiger partial charge is 0.268 e. The van der Waals surface area contributed by atoms with E-state index in [1.165, 1.54) is 0 Å². The second-order valence-electron chi connectivity index (χ2n) is 4.27. The Morgan fingerprint density at radius 2 is 2.00 bits per heavy atom. The number of piperazine rings is 1. The largest absolute Gasteiger partial charge is 0.314 e. The van der Waals surface area contributed by atoms with Gasteiger partial charge in [0.15, 0.2) is 0 Å². The molecule has 0 radical (unpaired) electrons. The van der Waals surface area contributed by atoms with Crippen LogP contribution < -0.4 is 10.9 Å². The maximum Gasteiger partial charge on any atom is 0.268 e. The van der Waals surface area contributed by atoms with Crippen LogP contribution in [0.4, 0.5) is 0 Å². The Morgan fingerprint density at radius 1 is 1.31 bits per heavy atom. The van der Waals surface area contributed by atoms with Gasteiger partial charge in [0.05, 0.1) is 5.69 Å². The second kappa shape index (κ2) is 4.76. The van der Waals surface area contributed by atoms with Crippen molar-refractivity contribution in [1.29, 1.82) is 0 Å². The summed E-state index contributed by atoms with van der Waals surface area (Å²) in [5.41, 5.74) is 2.73. The van der Waals surface area contributed by atoms with Gasteiger partial charge in [-0.2, -0.15) is 5.10 Å². The van der Waals surface area contributed by atoms with E-state index < -0.39 is 0 Å². The third kappa shape index (κ3) is 2.31. The number of aromatic nitrogens is 2. The molecule has 1 aliphatic rings. The Bertz CT molecular complexity index is 420. The normalized spacial score (nSPS) is 17.6. The molecule has 5 heteroatoms. The van der Waals surface area contributed by atoms with Crippen LogP contribution in [0.2, 0.25) is 0 Å². The lowest BCUT2D eigenvalue weighted by atomic mass is 10.1. The van der Waals surface area contributed by atoms with Crippen molar-refractivity contribution in [3.8, 4) is 0 Å². The molecule has 0 atom stereocenters. The zero-order valence-electron chi connectivity index (χ0n) is 9.84. The van der Waals surface area contributed by atoms with E-state index in [0.717, 1.165) is 49.5 Å². The monoisotopic (exact) mass is 222 g/mol. The van der Waals surface area contributed by atoms with Crippen molar-refractivity contribution in [1.82, 2.24) is 20.4 Å². The number of nitrogens with zero attached hydrogens (tertiary/aromatic N) is 2. The van der Waals surface area contributed by atoms with Crippen molar-refractivity contribution in [2.75, 3.05) is 26.2 Å². The topological polar surface area (TPSA) is 61.0 Å². The molecule has 1 saturated heterocycles. The molecule has 2 N–H and O–H groups in total. The SMILES string of the molecule is Cc1n[nH]c(=O)c(CN2CCNCC2)c1C. The van der Waals surface area contributed by atoms with Crippen LogP contribution in [0.3, 0.4) is 0 Å². The van der Waals surface area contributed by atoms with Gasteiger partial charge in [-0.15, -0.1) is 0 Å². The molecular weight excluding hydrogens is 204 g/mol. The summed E-state index contributed by atoms with van der Waals surface area (Å²) in [5, 5.41) is 9.82. The lowest BCUT2D eigenvalue weighted by molar-refractivity contribution is 0.231. The van der Waals surface area contributed by atoms with Crippen LogP contribution in [0.25, 0.3) is 0 Å². The lowest BCUT2D eigenvalue weighted by Gasteiger charge is -2.27. The van der Waals surface area contributed by atoms with Crippen LogP contribution in [-0.4, -0.2) is 41.3 Å². The second-order valence-corrected chi connectivity index (χ2v) is 4.27. The minimum atomic E-state index is -0.0540. The highest BCUT2D eigenvalue weighted by molar-refractivity contribution is 5.25. The van der Waals surface area contributed by atoms with E-state index in [-0.39, 0.29) is 5.56 Å². The average Bonchev–Trinajstić information content (AvgIpc) is 2.31. The summed E-state index contributed by atoms with van der Waals surface area (Å²) in [4.78, 5) is 14.0. The summed E-state index contributed by atoms with van der Waals surface area (Å²) in [6, 6.07) is 0. The first kappa shape index (κ1) is 11.3. The molecule has 0 spiro atoms. The first-order valence-electron chi connectivity index (χ1n) is 5.66. The van der Waals surface area contributed by atoms with Gasteiger partial charge in [-0.25, -0.2) is 5.10 Å². The Morgan fingerprint density at radius 3 is 2.69 bits per heavy atom. The van der Waals surface area contributed by atoms with Gasteiger partial charge in [-0.1, -0.05) is 0 Å². The minimum Gasteiger partial charge on any atom is -0.314 e. The number of hydrogen-bond donors (Lipinski definition) is 2. The number of hydrogen-bond acceptors (Lipinski definition) is 4. The minimum absolute atomic E-state index is 0.0540. The molecule has 0 bridgehead atoms. The quantitative estimate of drug-likeness (QED) is 0.727. The Hall–Kier alpha value is -1.20. The molecule has 1 fully saturated rings. The first-order chi connectivity index (χ1) is 7.68. The van der Waals surface area contributed by atoms with E-state index in [1.807, 2.05) is 13.8 Å². The van der Waals surface area contributed by atoms with Gasteiger partial charge in [0, 0.05) is 38.3 Å². The molecular formula is C11H18N4O. The number of H-pyrrole nitrogens is 1. The molecule has 0 saturated carbocycles. The van der Waals surface area contributed by atoms with E-state index in [4.69, 9.17) is 0 Å². The summed E-state index contributed by atoms with van der Waals surface area (Å²) in [6.45, 7) is 8.62. The summed E-state index contributed by atoms with van der Waals surface area (Å²) in [6.07, 6.45) is 0. The number of nitrogens with one attached hydrogen (secondary N) is 2. The average molecular weight is 222 g/mol. The summed E-state index contributed by atoms with van der Waals surface area (Å²) < 4.78 is 0. The maximum absolute atomic E-state index is 11.7. The molecule has 0 aliphatic carbocycles. The fraction of sp³-hybridized carbons (Fsp3) is 0.636. The third-order valence-corrected chi connectivity index (χ3v) is 3.19. The molecule has 1 aliphatic heterocycles. The summed E-state index contributed by atoms with van der Waals surface area (Å²) in [7, 11) is 0. The lowest BCUT2D eigenvalue weighted by Crippen LogP contribution is -2.43. The Kier molecular flexibility index (Phi) is 3.36. The van der Waals surface area contributed by atoms with Gasteiger partial charge in [-0.3, -0.25) is 9.69 Å². The zero-order chi connectivity index (χ0) is 11.5. The molecule has 0 aromatic carbocycles. The highest BCUT2D eigenvalue weighted by atomic mass is 16.1. The molecule has 1 aromatic rings. The van der Waals surface area contributed by atoms with Crippen LogP contribution >= 0.6 is 0 Å². The van der Waals surface area contributed by atoms with Crippen molar-refractivity contribution in [2.45, 2.75) is 20.4 Å². The highest BCUT2D eigenvalue weighted by Crippen LogP contribution is 2.08. The molecule has 0 amide bonds. The van der Waals surface area contributed by atoms with Gasteiger partial charge < -0.3 is 5.32 Å². The molecule has 88 valence electrons. The fourth-order valence-electron chi connectivity index (χ4n) is 1.96. The molecule has 2 rings (SSSR count). The van der Waals surface area contributed by atoms with E-state index in [0.29, 0.717) is 0 Å². The Labute approximate surface area is 94.9 Å². The van der Waals surface area contributed by atoms with Crippen molar-refractivity contribution in [3.63, 3.8) is 0 Å². The molecule has 2 heterocycles. The van der Waals surface area contributed by atoms with Gasteiger partial charge >= 0.3 is 0 Å². The van der Waals surface area contributed by atoms with Gasteiger partial charge in [-0.05, 0) is 19.4 Å². The standard InChI is InChI=1S/C11H18N4O/c1-8-9(2)13-14-11(16)10(8)7-15-5-3-12-4-6-15/h12H,3-7H2,1-2H3,(H,14,16). The summed E-state index contributed by atoms with van der Waals surface area (Å²) in [5.74, 6) is 0. The van der Waals surface area contributed by atoms with E-state index >= 15 is 0 Å². The zero-order valence-corrected chi connectivity index (χ0v) is 9.84. The van der Waals surface area contributed by atoms with Crippen molar-refractivity contribution in [3.05, 3.63) is 27.2 Å². The van der Waals surface area contributed by atoms with Crippen LogP contribution in [0, 0.1) is 13.8 Å². The number of aryl methyl sites for hydroxylation is 1. The molecule has 16 heavy (non-hydrogen) atoms. The van der Waals surface area contributed by atoms with Crippen molar-refractivity contribution >= 4 is 0 Å². The van der Waals surface area contributed by atoms with Gasteiger partial charge in [0.2, 0.25) is 0 Å². The Balaban J connectivity index is 2.20. The first-order valence-corrected chi connectivity index (χ1v) is 5.66. The van der Waals surface area contributed by atoms with E-state index in [1.54, 1.807) is 0 Å². The number of aromatic amines is 1. The van der Waals surface area contributed by atoms with Crippen LogP contribution in [0.15, 0.2) is 4.79 Å². The van der Waals surface area contributed by atoms with Gasteiger partial charge in [0.25, 0.3) is 5.56 Å². The fourth-order valence-corrected chi connectivity index (χ4v) is 1.96. The van der Waals surface area contributed by atoms with Gasteiger partial charge in [0.1, 0.15) is 0 Å². The van der Waals surface area contributed by atoms with E-state index in [2.05, 4.69) is 20.4 Å². The van der Waals surface area contributed by atoms with E-state index in [9.17, 15) is 4.79 Å². The van der Waals surface area contributed by atoms with Crippen LogP contribution in [0.5, 0.6) is 0 Å². The van der Waals surface area contributed by atoms with Crippen molar-refractivity contribution < 1.29 is 0 Å². The predicted octanol–water partition coefficient (Wildman–Crippen LogP) is -0.208. The van der Waals surface area contributed by atoms with Crippen LogP contribution in [0.1, 0.15) is 16.8 Å². The summed E-state index contributed by atoms with van der Waals surface area (Å²) >= 11 is 0. The van der Waals surface area contributed by atoms with Crippen molar-refractivity contribution in [2.24, 2.45) is 0 Å². The van der Waals surface area contributed by atoms with Crippen LogP contribution in [-0.2, 0) is 6.54 Å². The molecule has 1 aromatic heterocycles. The predicted molar refractivity (Wildman–Crippen MR) is 62.5 cm³/mol. The molecule has 5 nitrogen and oxygen atoms in total. The highest BCUT2D eigenvalue weighted by Gasteiger charge is 2.14. The molecule has 0 unspecified atom stereocenters. The number of rotatable bonds is 2. The third-order valence-electron chi connectivity index (χ3n) is 3.19. The maximum atomic E-state index is 11.7.